The molecule has 0 saturated carbocycles. The topological polar surface area (TPSA) is 93.0 Å². The summed E-state index contributed by atoms with van der Waals surface area (Å²) in [6.45, 7) is 3.84. The standard InChI is InChI=1S/C19H23F3N8O/c1-13-2-3-15(24-10-13)27-17-16-14(26-18(28-17)29-6-4-23-5-7-29)11-25-30(16)8-9-31-12-19(20,21)22/h2-3,10-11,23H,4-9,12H2,1H3,(H,24,26,27,28). The molecular weight excluding hydrogens is 413 g/mol. The number of alkyl halides is 3. The highest BCUT2D eigenvalue weighted by atomic mass is 19.4. The van der Waals surface area contributed by atoms with Crippen LogP contribution in [0.15, 0.2) is 24.5 Å². The Bertz CT molecular complexity index is 1020. The maximum atomic E-state index is 12.3. The summed E-state index contributed by atoms with van der Waals surface area (Å²) in [6, 6.07) is 3.76. The number of hydrogen-bond donors (Lipinski definition) is 2. The summed E-state index contributed by atoms with van der Waals surface area (Å²) in [4.78, 5) is 15.8. The maximum absolute atomic E-state index is 12.3. The van der Waals surface area contributed by atoms with Gasteiger partial charge in [0.15, 0.2) is 5.82 Å². The highest BCUT2D eigenvalue weighted by Crippen LogP contribution is 2.26. The molecule has 31 heavy (non-hydrogen) atoms. The number of halogens is 3. The van der Waals surface area contributed by atoms with Gasteiger partial charge < -0.3 is 20.3 Å². The molecule has 2 N–H and O–H groups in total. The number of pyridine rings is 1. The summed E-state index contributed by atoms with van der Waals surface area (Å²) in [7, 11) is 0. The molecule has 1 aliphatic heterocycles. The normalized spacial score (nSPS) is 14.9. The van der Waals surface area contributed by atoms with Crippen LogP contribution < -0.4 is 15.5 Å². The first-order valence-corrected chi connectivity index (χ1v) is 9.92. The van der Waals surface area contributed by atoms with E-state index in [0.29, 0.717) is 28.6 Å². The third-order valence-corrected chi connectivity index (χ3v) is 4.75. The summed E-state index contributed by atoms with van der Waals surface area (Å²) < 4.78 is 43.3. The molecular formula is C19H23F3N8O. The summed E-state index contributed by atoms with van der Waals surface area (Å²) in [5.74, 6) is 1.65. The fraction of sp³-hybridized carbons (Fsp3) is 0.474. The molecule has 4 heterocycles. The van der Waals surface area contributed by atoms with Gasteiger partial charge in [0.25, 0.3) is 0 Å². The minimum atomic E-state index is -4.36. The van der Waals surface area contributed by atoms with Gasteiger partial charge in [-0.3, -0.25) is 4.68 Å². The average molecular weight is 436 g/mol. The molecule has 3 aromatic heterocycles. The van der Waals surface area contributed by atoms with Crippen LogP contribution in [0.5, 0.6) is 0 Å². The van der Waals surface area contributed by atoms with E-state index in [1.54, 1.807) is 17.1 Å². The molecule has 166 valence electrons. The fourth-order valence-electron chi connectivity index (χ4n) is 3.25. The molecule has 1 saturated heterocycles. The van der Waals surface area contributed by atoms with Crippen LogP contribution in [0.4, 0.5) is 30.8 Å². The Morgan fingerprint density at radius 1 is 1.16 bits per heavy atom. The van der Waals surface area contributed by atoms with E-state index in [9.17, 15) is 13.2 Å². The predicted molar refractivity (Wildman–Crippen MR) is 110 cm³/mol. The Morgan fingerprint density at radius 3 is 2.68 bits per heavy atom. The number of anilines is 3. The van der Waals surface area contributed by atoms with Crippen LogP contribution >= 0.6 is 0 Å². The number of aryl methyl sites for hydroxylation is 1. The van der Waals surface area contributed by atoms with Gasteiger partial charge in [-0.05, 0) is 18.6 Å². The summed E-state index contributed by atoms with van der Waals surface area (Å²) >= 11 is 0. The molecule has 9 nitrogen and oxygen atoms in total. The van der Waals surface area contributed by atoms with Crippen LogP contribution in [-0.4, -0.2) is 70.3 Å². The number of nitrogens with one attached hydrogen (secondary N) is 2. The lowest BCUT2D eigenvalue weighted by Crippen LogP contribution is -2.44. The first-order chi connectivity index (χ1) is 14.9. The van der Waals surface area contributed by atoms with E-state index < -0.39 is 12.8 Å². The molecule has 1 aliphatic rings. The van der Waals surface area contributed by atoms with Gasteiger partial charge in [0.2, 0.25) is 5.95 Å². The third-order valence-electron chi connectivity index (χ3n) is 4.75. The van der Waals surface area contributed by atoms with Crippen molar-refractivity contribution in [2.75, 3.05) is 49.6 Å². The van der Waals surface area contributed by atoms with Crippen molar-refractivity contribution in [3.63, 3.8) is 0 Å². The van der Waals surface area contributed by atoms with Crippen LogP contribution in [0.1, 0.15) is 5.56 Å². The van der Waals surface area contributed by atoms with Crippen molar-refractivity contribution in [3.05, 3.63) is 30.1 Å². The van der Waals surface area contributed by atoms with E-state index in [4.69, 9.17) is 9.72 Å². The first kappa shape index (κ1) is 21.2. The van der Waals surface area contributed by atoms with Gasteiger partial charge in [0.05, 0.1) is 19.3 Å². The van der Waals surface area contributed by atoms with E-state index in [0.717, 1.165) is 31.7 Å². The lowest BCUT2D eigenvalue weighted by Gasteiger charge is -2.27. The smallest absolute Gasteiger partial charge is 0.370 e. The molecule has 3 aromatic rings. The number of rotatable bonds is 7. The highest BCUT2D eigenvalue weighted by Gasteiger charge is 2.27. The van der Waals surface area contributed by atoms with Crippen molar-refractivity contribution in [2.45, 2.75) is 19.6 Å². The third kappa shape index (κ3) is 5.39. The maximum Gasteiger partial charge on any atom is 0.411 e. The van der Waals surface area contributed by atoms with Crippen molar-refractivity contribution < 1.29 is 17.9 Å². The Labute approximate surface area is 176 Å². The zero-order valence-corrected chi connectivity index (χ0v) is 17.0. The predicted octanol–water partition coefficient (Wildman–Crippen LogP) is 2.26. The van der Waals surface area contributed by atoms with Crippen LogP contribution in [-0.2, 0) is 11.3 Å². The zero-order valence-electron chi connectivity index (χ0n) is 17.0. The van der Waals surface area contributed by atoms with Gasteiger partial charge in [-0.1, -0.05) is 6.07 Å². The van der Waals surface area contributed by atoms with E-state index in [-0.39, 0.29) is 13.2 Å². The van der Waals surface area contributed by atoms with E-state index >= 15 is 0 Å². The van der Waals surface area contributed by atoms with E-state index in [1.165, 1.54) is 0 Å². The van der Waals surface area contributed by atoms with Crippen LogP contribution in [0.25, 0.3) is 11.0 Å². The summed E-state index contributed by atoms with van der Waals surface area (Å²) in [5.41, 5.74) is 2.19. The molecule has 0 spiro atoms. The molecule has 0 radical (unpaired) electrons. The SMILES string of the molecule is Cc1ccc(Nc2nc(N3CCNCC3)nc3cnn(CCOCC(F)(F)F)c23)nc1. The summed E-state index contributed by atoms with van der Waals surface area (Å²) in [5, 5.41) is 10.8. The molecule has 0 aromatic carbocycles. The Morgan fingerprint density at radius 2 is 1.97 bits per heavy atom. The molecule has 12 heteroatoms. The van der Waals surface area contributed by atoms with Crippen molar-refractivity contribution in [1.82, 2.24) is 30.0 Å². The number of nitrogens with zero attached hydrogens (tertiary/aromatic N) is 6. The average Bonchev–Trinajstić information content (AvgIpc) is 3.16. The lowest BCUT2D eigenvalue weighted by molar-refractivity contribution is -0.174. The minimum Gasteiger partial charge on any atom is -0.370 e. The van der Waals surface area contributed by atoms with Crippen molar-refractivity contribution in [2.24, 2.45) is 0 Å². The van der Waals surface area contributed by atoms with Gasteiger partial charge in [0.1, 0.15) is 23.5 Å². The number of ether oxygens (including phenoxy) is 1. The van der Waals surface area contributed by atoms with Crippen molar-refractivity contribution >= 4 is 28.6 Å². The Hall–Kier alpha value is -2.99. The molecule has 0 atom stereocenters. The van der Waals surface area contributed by atoms with Crippen molar-refractivity contribution in [1.29, 1.82) is 0 Å². The molecule has 0 amide bonds. The zero-order chi connectivity index (χ0) is 21.8. The molecule has 0 bridgehead atoms. The Balaban J connectivity index is 1.63. The van der Waals surface area contributed by atoms with Gasteiger partial charge in [-0.15, -0.1) is 0 Å². The molecule has 0 unspecified atom stereocenters. The Kier molecular flexibility index (Phi) is 6.18. The number of aromatic nitrogens is 5. The molecule has 1 fully saturated rings. The second-order valence-corrected chi connectivity index (χ2v) is 7.22. The second kappa shape index (κ2) is 9.02. The highest BCUT2D eigenvalue weighted by molar-refractivity contribution is 5.88. The fourth-order valence-corrected chi connectivity index (χ4v) is 3.25. The monoisotopic (exact) mass is 436 g/mol. The summed E-state index contributed by atoms with van der Waals surface area (Å²) in [6.07, 6.45) is -1.04. The van der Waals surface area contributed by atoms with Gasteiger partial charge in [0, 0.05) is 32.4 Å². The van der Waals surface area contributed by atoms with Crippen molar-refractivity contribution in [3.8, 4) is 0 Å². The molecule has 4 rings (SSSR count). The van der Waals surface area contributed by atoms with Crippen LogP contribution in [0, 0.1) is 6.92 Å². The first-order valence-electron chi connectivity index (χ1n) is 9.92. The van der Waals surface area contributed by atoms with Gasteiger partial charge >= 0.3 is 6.18 Å². The van der Waals surface area contributed by atoms with E-state index in [1.807, 2.05) is 19.1 Å². The number of fused-ring (bicyclic) bond motifs is 1. The largest absolute Gasteiger partial charge is 0.411 e. The minimum absolute atomic E-state index is 0.131. The van der Waals surface area contributed by atoms with Gasteiger partial charge in [-0.2, -0.15) is 23.3 Å². The van der Waals surface area contributed by atoms with Crippen LogP contribution in [0.2, 0.25) is 0 Å². The molecule has 0 aliphatic carbocycles. The number of piperazine rings is 1. The quantitative estimate of drug-likeness (QED) is 0.545. The van der Waals surface area contributed by atoms with Gasteiger partial charge in [-0.25, -0.2) is 9.97 Å². The van der Waals surface area contributed by atoms with Crippen LogP contribution in [0.3, 0.4) is 0 Å². The second-order valence-electron chi connectivity index (χ2n) is 7.22. The number of hydrogen-bond acceptors (Lipinski definition) is 8. The lowest BCUT2D eigenvalue weighted by atomic mass is 10.3. The van der Waals surface area contributed by atoms with E-state index in [2.05, 4.69) is 30.6 Å².